The van der Waals surface area contributed by atoms with Gasteiger partial charge in [-0.2, -0.15) is 0 Å². The van der Waals surface area contributed by atoms with E-state index >= 15 is 0 Å². The second-order valence-corrected chi connectivity index (χ2v) is 15.6. The molecule has 0 unspecified atom stereocenters. The molecule has 276 valence electrons. The van der Waals surface area contributed by atoms with Gasteiger partial charge in [0.25, 0.3) is 0 Å². The highest BCUT2D eigenvalue weighted by molar-refractivity contribution is 5.81. The average Bonchev–Trinajstić information content (AvgIpc) is 3.70. The number of hydrogen-bond donors (Lipinski definition) is 0. The zero-order valence-corrected chi connectivity index (χ0v) is 33.7. The van der Waals surface area contributed by atoms with Crippen molar-refractivity contribution in [3.8, 4) is 44.5 Å². The quantitative estimate of drug-likeness (QED) is 0.167. The van der Waals surface area contributed by atoms with Gasteiger partial charge in [-0.1, -0.05) is 225 Å². The lowest BCUT2D eigenvalue weighted by atomic mass is 9.82. The molecule has 0 saturated carbocycles. The van der Waals surface area contributed by atoms with Gasteiger partial charge in [0, 0.05) is 5.41 Å². The Balaban J connectivity index is 0.000000115. The molecule has 0 saturated heterocycles. The van der Waals surface area contributed by atoms with E-state index in [1.165, 1.54) is 89.0 Å². The van der Waals surface area contributed by atoms with Crippen molar-refractivity contribution in [2.24, 2.45) is 0 Å². The van der Waals surface area contributed by atoms with Gasteiger partial charge >= 0.3 is 0 Å². The van der Waals surface area contributed by atoms with Crippen LogP contribution in [0.5, 0.6) is 0 Å². The van der Waals surface area contributed by atoms with Crippen molar-refractivity contribution in [1.82, 2.24) is 0 Å². The Morgan fingerprint density at radius 1 is 0.321 bits per heavy atom. The number of hydrogen-bond acceptors (Lipinski definition) is 0. The van der Waals surface area contributed by atoms with Crippen molar-refractivity contribution in [3.63, 3.8) is 0 Å². The van der Waals surface area contributed by atoms with Crippen LogP contribution >= 0.6 is 0 Å². The standard InChI is InChI=1S/C16H16.C14H12.2C13H12/c1-11-8-9-13-12-6-4-5-7-14(12)16(2,3)15(13)10-11;1-10-6-7-14-12(8-10)9-11-4-2-3-5-13(11)14;1-11-7-5-6-10-13(11)12-8-3-2-4-9-12;1-11-6-5-9-13(10-11)12-7-3-2-4-8-12/h4-10H,1-3H3;2-8H,9H2,1H3;2*2-10H,1H3. The Kier molecular flexibility index (Phi) is 11.6. The molecule has 0 atom stereocenters. The van der Waals surface area contributed by atoms with Crippen LogP contribution in [0.3, 0.4) is 0 Å². The molecule has 0 amide bonds. The molecule has 2 aliphatic carbocycles. The Hall–Kier alpha value is -6.24. The van der Waals surface area contributed by atoms with Gasteiger partial charge in [-0.25, -0.2) is 0 Å². The largest absolute Gasteiger partial charge is 0.0622 e. The van der Waals surface area contributed by atoms with Gasteiger partial charge in [0.2, 0.25) is 0 Å². The molecule has 10 rings (SSSR count). The van der Waals surface area contributed by atoms with E-state index < -0.39 is 0 Å². The summed E-state index contributed by atoms with van der Waals surface area (Å²) in [5, 5.41) is 0. The molecule has 0 fully saturated rings. The summed E-state index contributed by atoms with van der Waals surface area (Å²) in [4.78, 5) is 0. The highest BCUT2D eigenvalue weighted by Crippen LogP contribution is 2.48. The lowest BCUT2D eigenvalue weighted by molar-refractivity contribution is 0.660. The molecule has 0 spiro atoms. The third kappa shape index (κ3) is 8.51. The zero-order valence-electron chi connectivity index (χ0n) is 33.7. The van der Waals surface area contributed by atoms with Crippen molar-refractivity contribution >= 4 is 0 Å². The first-order chi connectivity index (χ1) is 27.2. The molecular weight excluding hydrogens is 673 g/mol. The molecule has 0 aromatic heterocycles. The number of rotatable bonds is 2. The van der Waals surface area contributed by atoms with E-state index in [9.17, 15) is 0 Å². The van der Waals surface area contributed by atoms with E-state index in [2.05, 4.69) is 224 Å². The maximum Gasteiger partial charge on any atom is 0.0158 e. The Morgan fingerprint density at radius 3 is 1.52 bits per heavy atom. The summed E-state index contributed by atoms with van der Waals surface area (Å²) >= 11 is 0. The highest BCUT2D eigenvalue weighted by Gasteiger charge is 2.34. The molecule has 0 N–H and O–H groups in total. The van der Waals surface area contributed by atoms with Gasteiger partial charge in [-0.15, -0.1) is 0 Å². The second kappa shape index (κ2) is 17.1. The van der Waals surface area contributed by atoms with E-state index in [4.69, 9.17) is 0 Å². The molecule has 0 aliphatic heterocycles. The second-order valence-electron chi connectivity index (χ2n) is 15.6. The molecular formula is C56H52. The van der Waals surface area contributed by atoms with Crippen LogP contribution in [0.4, 0.5) is 0 Å². The van der Waals surface area contributed by atoms with E-state index in [0.29, 0.717) is 0 Å². The molecule has 8 aromatic carbocycles. The first-order valence-corrected chi connectivity index (χ1v) is 19.8. The summed E-state index contributed by atoms with van der Waals surface area (Å²) in [5.74, 6) is 0. The minimum absolute atomic E-state index is 0.151. The minimum Gasteiger partial charge on any atom is -0.0622 e. The van der Waals surface area contributed by atoms with Gasteiger partial charge < -0.3 is 0 Å². The topological polar surface area (TPSA) is 0 Å². The Labute approximate surface area is 335 Å². The third-order valence-electron chi connectivity index (χ3n) is 11.0. The Morgan fingerprint density at radius 2 is 0.821 bits per heavy atom. The van der Waals surface area contributed by atoms with E-state index in [1.54, 1.807) is 0 Å². The fourth-order valence-corrected chi connectivity index (χ4v) is 8.06. The molecule has 8 aromatic rings. The van der Waals surface area contributed by atoms with Gasteiger partial charge in [-0.3, -0.25) is 0 Å². The van der Waals surface area contributed by atoms with Crippen molar-refractivity contribution in [2.75, 3.05) is 0 Å². The molecule has 0 heterocycles. The van der Waals surface area contributed by atoms with Crippen molar-refractivity contribution in [3.05, 3.63) is 239 Å². The zero-order chi connectivity index (χ0) is 39.1. The fraction of sp³-hybridized carbons (Fsp3) is 0.143. The molecule has 0 heteroatoms. The first-order valence-electron chi connectivity index (χ1n) is 19.8. The van der Waals surface area contributed by atoms with Crippen LogP contribution in [0, 0.1) is 27.7 Å². The summed E-state index contributed by atoms with van der Waals surface area (Å²) in [6, 6.07) is 68.9. The highest BCUT2D eigenvalue weighted by atomic mass is 14.4. The average molecular weight is 725 g/mol. The third-order valence-corrected chi connectivity index (χ3v) is 11.0. The van der Waals surface area contributed by atoms with Gasteiger partial charge in [0.1, 0.15) is 0 Å². The van der Waals surface area contributed by atoms with Gasteiger partial charge in [0.15, 0.2) is 0 Å². The van der Waals surface area contributed by atoms with Crippen LogP contribution in [-0.4, -0.2) is 0 Å². The Bertz CT molecular complexity index is 2550. The summed E-state index contributed by atoms with van der Waals surface area (Å²) in [6.07, 6.45) is 1.10. The predicted molar refractivity (Wildman–Crippen MR) is 241 cm³/mol. The van der Waals surface area contributed by atoms with Crippen molar-refractivity contribution in [2.45, 2.75) is 53.4 Å². The normalized spacial score (nSPS) is 12.2. The molecule has 0 nitrogen and oxygen atoms in total. The first kappa shape index (κ1) is 38.1. The monoisotopic (exact) mass is 724 g/mol. The molecule has 2 aliphatic rings. The lowest BCUT2D eigenvalue weighted by Crippen LogP contribution is -2.14. The summed E-state index contributed by atoms with van der Waals surface area (Å²) in [6.45, 7) is 13.2. The number of benzene rings is 8. The van der Waals surface area contributed by atoms with E-state index in [0.717, 1.165) is 6.42 Å². The maximum atomic E-state index is 2.33. The van der Waals surface area contributed by atoms with Crippen LogP contribution in [-0.2, 0) is 11.8 Å². The van der Waals surface area contributed by atoms with Gasteiger partial charge in [0.05, 0.1) is 0 Å². The van der Waals surface area contributed by atoms with Crippen LogP contribution < -0.4 is 0 Å². The van der Waals surface area contributed by atoms with Crippen molar-refractivity contribution in [1.29, 1.82) is 0 Å². The van der Waals surface area contributed by atoms with Crippen LogP contribution in [0.2, 0.25) is 0 Å². The van der Waals surface area contributed by atoms with E-state index in [-0.39, 0.29) is 5.41 Å². The van der Waals surface area contributed by atoms with Crippen LogP contribution in [0.15, 0.2) is 194 Å². The summed E-state index contributed by atoms with van der Waals surface area (Å²) in [7, 11) is 0. The minimum atomic E-state index is 0.151. The summed E-state index contributed by atoms with van der Waals surface area (Å²) < 4.78 is 0. The predicted octanol–water partition coefficient (Wildman–Crippen LogP) is 15.2. The van der Waals surface area contributed by atoms with Gasteiger partial charge in [-0.05, 0) is 106 Å². The SMILES string of the molecule is Cc1ccc2c(c1)C(C)(C)c1ccccc1-2.Cc1ccc2c(c1)Cc1ccccc1-2.Cc1cccc(-c2ccccc2)c1.Cc1ccccc1-c1ccccc1. The van der Waals surface area contributed by atoms with Crippen molar-refractivity contribution < 1.29 is 0 Å². The number of aryl methyl sites for hydroxylation is 4. The fourth-order valence-electron chi connectivity index (χ4n) is 8.06. The molecule has 0 radical (unpaired) electrons. The molecule has 0 bridgehead atoms. The lowest BCUT2D eigenvalue weighted by Gasteiger charge is -2.21. The smallest absolute Gasteiger partial charge is 0.0158 e. The van der Waals surface area contributed by atoms with E-state index in [1.807, 2.05) is 12.1 Å². The molecule has 56 heavy (non-hydrogen) atoms. The number of fused-ring (bicyclic) bond motifs is 6. The summed E-state index contributed by atoms with van der Waals surface area (Å²) in [5.41, 5.74) is 22.2. The van der Waals surface area contributed by atoms with Crippen LogP contribution in [0.25, 0.3) is 44.5 Å². The maximum absolute atomic E-state index is 2.33. The van der Waals surface area contributed by atoms with Crippen LogP contribution in [0.1, 0.15) is 58.4 Å².